The fraction of sp³-hybridized carbons (Fsp3) is 0.259. The highest BCUT2D eigenvalue weighted by molar-refractivity contribution is 7.22. The van der Waals surface area contributed by atoms with Crippen LogP contribution in [-0.2, 0) is 11.3 Å². The summed E-state index contributed by atoms with van der Waals surface area (Å²) in [4.78, 5) is 35.4. The van der Waals surface area contributed by atoms with Gasteiger partial charge < -0.3 is 20.3 Å². The largest absolute Gasteiger partial charge is 0.453 e. The van der Waals surface area contributed by atoms with Crippen molar-refractivity contribution < 1.29 is 23.1 Å². The van der Waals surface area contributed by atoms with E-state index in [1.54, 1.807) is 12.3 Å². The Balaban J connectivity index is 1.20. The van der Waals surface area contributed by atoms with E-state index in [2.05, 4.69) is 20.6 Å². The van der Waals surface area contributed by atoms with E-state index in [1.165, 1.54) is 29.7 Å². The van der Waals surface area contributed by atoms with Gasteiger partial charge >= 0.3 is 6.03 Å². The van der Waals surface area contributed by atoms with Gasteiger partial charge in [0.2, 0.25) is 11.7 Å². The van der Waals surface area contributed by atoms with E-state index in [0.29, 0.717) is 28.9 Å². The summed E-state index contributed by atoms with van der Waals surface area (Å²) in [6.45, 7) is 1.31. The highest BCUT2D eigenvalue weighted by Crippen LogP contribution is 2.39. The van der Waals surface area contributed by atoms with Gasteiger partial charge in [0.25, 0.3) is 0 Å². The van der Waals surface area contributed by atoms with Crippen LogP contribution in [0.5, 0.6) is 11.5 Å². The number of thiophene rings is 1. The van der Waals surface area contributed by atoms with Crippen molar-refractivity contribution in [1.82, 2.24) is 20.2 Å². The molecule has 0 bridgehead atoms. The van der Waals surface area contributed by atoms with E-state index in [0.717, 1.165) is 41.9 Å². The first-order valence-corrected chi connectivity index (χ1v) is 13.1. The molecule has 3 amide bonds. The summed E-state index contributed by atoms with van der Waals surface area (Å²) in [5.74, 6) is -2.23. The van der Waals surface area contributed by atoms with Crippen LogP contribution in [-0.4, -0.2) is 39.4 Å². The molecule has 11 heteroatoms. The van der Waals surface area contributed by atoms with Gasteiger partial charge in [0.05, 0.1) is 26.5 Å². The molecule has 1 saturated carbocycles. The number of hydrogen-bond donors (Lipinski definition) is 2. The fourth-order valence-electron chi connectivity index (χ4n) is 4.27. The molecule has 0 spiro atoms. The Kier molecular flexibility index (Phi) is 6.36. The Morgan fingerprint density at radius 2 is 1.97 bits per heavy atom. The summed E-state index contributed by atoms with van der Waals surface area (Å²) in [6.07, 6.45) is 6.53. The Morgan fingerprint density at radius 3 is 2.71 bits per heavy atom. The summed E-state index contributed by atoms with van der Waals surface area (Å²) in [5, 5.41) is 5.00. The molecule has 2 fully saturated rings. The van der Waals surface area contributed by atoms with E-state index >= 15 is 0 Å². The molecule has 8 nitrogen and oxygen atoms in total. The van der Waals surface area contributed by atoms with E-state index in [1.807, 2.05) is 23.1 Å². The molecule has 1 aliphatic carbocycles. The van der Waals surface area contributed by atoms with Gasteiger partial charge in [-0.25, -0.2) is 9.18 Å². The zero-order valence-corrected chi connectivity index (χ0v) is 21.0. The molecule has 38 heavy (non-hydrogen) atoms. The predicted octanol–water partition coefficient (Wildman–Crippen LogP) is 5.84. The number of fused-ring (bicyclic) bond motifs is 1. The molecule has 1 aromatic carbocycles. The molecule has 1 aliphatic heterocycles. The van der Waals surface area contributed by atoms with Crippen molar-refractivity contribution in [2.75, 3.05) is 11.9 Å². The minimum absolute atomic E-state index is 0.0871. The van der Waals surface area contributed by atoms with Crippen LogP contribution >= 0.6 is 11.3 Å². The molecule has 1 saturated heterocycles. The number of benzene rings is 1. The van der Waals surface area contributed by atoms with Crippen LogP contribution in [0.15, 0.2) is 48.8 Å². The lowest BCUT2D eigenvalue weighted by Gasteiger charge is -2.15. The summed E-state index contributed by atoms with van der Waals surface area (Å²) < 4.78 is 35.9. The van der Waals surface area contributed by atoms with Crippen molar-refractivity contribution in [3.63, 3.8) is 0 Å². The van der Waals surface area contributed by atoms with Crippen molar-refractivity contribution in [2.45, 2.75) is 38.3 Å². The maximum Gasteiger partial charge on any atom is 0.319 e. The van der Waals surface area contributed by atoms with E-state index < -0.39 is 17.7 Å². The molecular weight excluding hydrogens is 512 g/mol. The van der Waals surface area contributed by atoms with Gasteiger partial charge in [-0.2, -0.15) is 4.39 Å². The van der Waals surface area contributed by atoms with Gasteiger partial charge in [0.15, 0.2) is 11.6 Å². The van der Waals surface area contributed by atoms with Crippen LogP contribution in [0.2, 0.25) is 0 Å². The normalized spacial score (nSPS) is 15.2. The molecule has 0 atom stereocenters. The number of nitrogens with one attached hydrogen (secondary N) is 2. The SMILES string of the molecule is O=C(Nc1ccc(Oc2ccnc3cc(-c4ccc(CN5CCCC5=O)cn4)sc23)c(F)c1F)NC1CC1. The number of carbonyl (C=O) groups is 2. The van der Waals surface area contributed by atoms with Crippen molar-refractivity contribution in [3.8, 4) is 22.1 Å². The van der Waals surface area contributed by atoms with E-state index in [9.17, 15) is 18.4 Å². The lowest BCUT2D eigenvalue weighted by molar-refractivity contribution is -0.128. The van der Waals surface area contributed by atoms with Crippen molar-refractivity contribution in [1.29, 1.82) is 0 Å². The predicted molar refractivity (Wildman–Crippen MR) is 139 cm³/mol. The second-order valence-electron chi connectivity index (χ2n) is 9.32. The highest BCUT2D eigenvalue weighted by Gasteiger charge is 2.25. The number of nitrogens with zero attached hydrogens (tertiary/aromatic N) is 3. The van der Waals surface area contributed by atoms with Gasteiger partial charge in [-0.15, -0.1) is 11.3 Å². The molecule has 2 aliphatic rings. The third kappa shape index (κ3) is 5.01. The van der Waals surface area contributed by atoms with E-state index in [-0.39, 0.29) is 23.4 Å². The molecule has 0 unspecified atom stereocenters. The lowest BCUT2D eigenvalue weighted by Crippen LogP contribution is -2.30. The number of halogens is 2. The monoisotopic (exact) mass is 535 g/mol. The average Bonchev–Trinajstić information content (AvgIpc) is 3.46. The maximum absolute atomic E-state index is 14.8. The number of anilines is 1. The van der Waals surface area contributed by atoms with E-state index in [4.69, 9.17) is 4.74 Å². The Morgan fingerprint density at radius 1 is 1.11 bits per heavy atom. The first kappa shape index (κ1) is 24.2. The average molecular weight is 536 g/mol. The van der Waals surface area contributed by atoms with Crippen molar-refractivity contribution >= 4 is 39.2 Å². The van der Waals surface area contributed by atoms with Gasteiger partial charge in [0.1, 0.15) is 5.75 Å². The Labute approximate surface area is 220 Å². The van der Waals surface area contributed by atoms with Crippen LogP contribution in [0.25, 0.3) is 20.8 Å². The second kappa shape index (κ2) is 9.97. The van der Waals surface area contributed by atoms with Crippen LogP contribution in [0, 0.1) is 11.6 Å². The van der Waals surface area contributed by atoms with Gasteiger partial charge in [-0.1, -0.05) is 6.07 Å². The minimum atomic E-state index is -1.20. The zero-order valence-electron chi connectivity index (χ0n) is 20.2. The van der Waals surface area contributed by atoms with Crippen molar-refractivity contribution in [2.24, 2.45) is 0 Å². The van der Waals surface area contributed by atoms with Gasteiger partial charge in [-0.05, 0) is 49.1 Å². The first-order chi connectivity index (χ1) is 18.4. The maximum atomic E-state index is 14.8. The summed E-state index contributed by atoms with van der Waals surface area (Å²) in [7, 11) is 0. The number of ether oxygens (including phenoxy) is 1. The first-order valence-electron chi connectivity index (χ1n) is 12.3. The number of rotatable bonds is 7. The minimum Gasteiger partial charge on any atom is -0.453 e. The van der Waals surface area contributed by atoms with Crippen LogP contribution in [0.4, 0.5) is 19.3 Å². The van der Waals surface area contributed by atoms with Crippen molar-refractivity contribution in [3.05, 3.63) is 66.0 Å². The number of urea groups is 1. The lowest BCUT2D eigenvalue weighted by atomic mass is 10.2. The summed E-state index contributed by atoms with van der Waals surface area (Å²) >= 11 is 1.37. The number of amides is 3. The summed E-state index contributed by atoms with van der Waals surface area (Å²) in [6, 6.07) is 9.33. The molecule has 2 N–H and O–H groups in total. The summed E-state index contributed by atoms with van der Waals surface area (Å²) in [5.41, 5.74) is 2.04. The molecular formula is C27H23F2N5O3S. The smallest absolute Gasteiger partial charge is 0.319 e. The second-order valence-corrected chi connectivity index (χ2v) is 10.4. The number of aromatic nitrogens is 2. The number of carbonyl (C=O) groups excluding carboxylic acids is 2. The Hall–Kier alpha value is -4.12. The number of pyridine rings is 2. The van der Waals surface area contributed by atoms with Crippen LogP contribution < -0.4 is 15.4 Å². The third-order valence-corrected chi connectivity index (χ3v) is 7.59. The highest BCUT2D eigenvalue weighted by atomic mass is 32.1. The van der Waals surface area contributed by atoms with Crippen LogP contribution in [0.3, 0.4) is 0 Å². The molecule has 0 radical (unpaired) electrons. The van der Waals surface area contributed by atoms with Crippen LogP contribution in [0.1, 0.15) is 31.2 Å². The number of hydrogen-bond acceptors (Lipinski definition) is 6. The molecule has 194 valence electrons. The molecule has 6 rings (SSSR count). The quantitative estimate of drug-likeness (QED) is 0.310. The zero-order chi connectivity index (χ0) is 26.2. The molecule has 4 heterocycles. The number of likely N-dealkylation sites (tertiary alicyclic amines) is 1. The fourth-order valence-corrected chi connectivity index (χ4v) is 5.32. The topological polar surface area (TPSA) is 96.5 Å². The third-order valence-electron chi connectivity index (χ3n) is 6.43. The molecule has 4 aromatic rings. The standard InChI is InChI=1S/C27H23F2N5O3S/c28-24-18(33-27(36)32-16-4-5-16)7-8-20(25(24)29)37-21-9-10-30-19-12-22(38-26(19)21)17-6-3-15(13-31-17)14-34-11-1-2-23(34)35/h3,6-10,12-13,16H,1-2,4-5,11,14H2,(H2,32,33,36). The van der Waals surface area contributed by atoms with Gasteiger partial charge in [0, 0.05) is 44.0 Å². The molecule has 3 aromatic heterocycles. The van der Waals surface area contributed by atoms with Gasteiger partial charge in [-0.3, -0.25) is 14.8 Å². The Bertz CT molecular complexity index is 1540.